The van der Waals surface area contributed by atoms with E-state index in [0.717, 1.165) is 5.69 Å². The van der Waals surface area contributed by atoms with Crippen LogP contribution in [-0.4, -0.2) is 43.5 Å². The molecule has 1 N–H and O–H groups in total. The van der Waals surface area contributed by atoms with Gasteiger partial charge in [0, 0.05) is 23.5 Å². The lowest BCUT2D eigenvalue weighted by Crippen LogP contribution is -2.24. The fourth-order valence-electron chi connectivity index (χ4n) is 3.52. The summed E-state index contributed by atoms with van der Waals surface area (Å²) in [4.78, 5) is 22.9. The maximum atomic E-state index is 12.9. The normalized spacial score (nSPS) is 14.3. The van der Waals surface area contributed by atoms with Crippen molar-refractivity contribution in [2.24, 2.45) is 0 Å². The molecule has 3 aromatic rings. The van der Waals surface area contributed by atoms with E-state index in [1.807, 2.05) is 13.0 Å². The third-order valence-corrected chi connectivity index (χ3v) is 4.92. The summed E-state index contributed by atoms with van der Waals surface area (Å²) >= 11 is 0. The third-order valence-electron chi connectivity index (χ3n) is 4.92. The number of aryl methyl sites for hydroxylation is 1. The molecule has 0 aliphatic carbocycles. The second kappa shape index (κ2) is 8.38. The van der Waals surface area contributed by atoms with Crippen LogP contribution in [0.3, 0.4) is 0 Å². The number of aliphatic hydroxyl groups excluding tert-OH is 1. The molecule has 1 atom stereocenters. The van der Waals surface area contributed by atoms with Gasteiger partial charge >= 0.3 is 6.61 Å². The number of anilines is 1. The van der Waals surface area contributed by atoms with Crippen molar-refractivity contribution in [3.63, 3.8) is 0 Å². The third kappa shape index (κ3) is 4.24. The van der Waals surface area contributed by atoms with Crippen LogP contribution in [0.5, 0.6) is 5.75 Å². The Bertz CT molecular complexity index is 1120. The first-order valence-electron chi connectivity index (χ1n) is 9.82. The zero-order valence-electron chi connectivity index (χ0n) is 17.0. The zero-order chi connectivity index (χ0) is 22.1. The Labute approximate surface area is 177 Å². The number of aliphatic hydroxyl groups is 1. The molecule has 0 bridgehead atoms. The fourth-order valence-corrected chi connectivity index (χ4v) is 3.52. The van der Waals surface area contributed by atoms with Gasteiger partial charge in [0.05, 0.1) is 42.3 Å². The number of ether oxygens (including phenoxy) is 1. The van der Waals surface area contributed by atoms with E-state index in [2.05, 4.69) is 19.8 Å². The fraction of sp³-hybridized carbons (Fsp3) is 0.333. The molecule has 4 heterocycles. The SMILES string of the molecule is CCc1cc(N2Cc3nc(-c4cncc(OC(F)F)c4)ccc3C2=O)nn1CC(C)O. The van der Waals surface area contributed by atoms with Crippen molar-refractivity contribution in [1.82, 2.24) is 19.7 Å². The van der Waals surface area contributed by atoms with Crippen molar-refractivity contribution in [1.29, 1.82) is 0 Å². The number of aromatic nitrogens is 4. The first-order valence-corrected chi connectivity index (χ1v) is 9.82. The van der Waals surface area contributed by atoms with E-state index >= 15 is 0 Å². The summed E-state index contributed by atoms with van der Waals surface area (Å²) in [7, 11) is 0. The summed E-state index contributed by atoms with van der Waals surface area (Å²) in [6, 6.07) is 6.57. The Morgan fingerprint density at radius 1 is 1.26 bits per heavy atom. The number of amides is 1. The van der Waals surface area contributed by atoms with Crippen LogP contribution in [0.15, 0.2) is 36.7 Å². The van der Waals surface area contributed by atoms with Crippen molar-refractivity contribution < 1.29 is 23.4 Å². The van der Waals surface area contributed by atoms with E-state index in [1.54, 1.807) is 23.7 Å². The van der Waals surface area contributed by atoms with Crippen LogP contribution >= 0.6 is 0 Å². The molecule has 0 radical (unpaired) electrons. The molecule has 3 aromatic heterocycles. The number of halogens is 2. The monoisotopic (exact) mass is 429 g/mol. The highest BCUT2D eigenvalue weighted by Crippen LogP contribution is 2.30. The van der Waals surface area contributed by atoms with Gasteiger partial charge in [-0.3, -0.25) is 24.3 Å². The van der Waals surface area contributed by atoms with Crippen LogP contribution < -0.4 is 9.64 Å². The zero-order valence-corrected chi connectivity index (χ0v) is 17.0. The molecule has 162 valence electrons. The van der Waals surface area contributed by atoms with Crippen LogP contribution in [0.25, 0.3) is 11.3 Å². The van der Waals surface area contributed by atoms with Gasteiger partial charge in [0.2, 0.25) is 0 Å². The van der Waals surface area contributed by atoms with Gasteiger partial charge in [0.1, 0.15) is 5.75 Å². The molecule has 1 aliphatic rings. The van der Waals surface area contributed by atoms with E-state index in [9.17, 15) is 18.7 Å². The Morgan fingerprint density at radius 2 is 2.06 bits per heavy atom. The minimum atomic E-state index is -2.95. The summed E-state index contributed by atoms with van der Waals surface area (Å²) in [6.45, 7) is 1.28. The van der Waals surface area contributed by atoms with Crippen molar-refractivity contribution in [2.45, 2.75) is 46.1 Å². The second-order valence-electron chi connectivity index (χ2n) is 7.25. The summed E-state index contributed by atoms with van der Waals surface area (Å²) in [5, 5.41) is 14.2. The standard InChI is InChI=1S/C21H21F2N5O3/c1-3-14-7-19(26-28(14)10-12(2)29)27-11-18-16(20(27)30)4-5-17(25-18)13-6-15(9-24-8-13)31-21(22)23/h4-9,12,21,29H,3,10-11H2,1-2H3. The van der Waals surface area contributed by atoms with Gasteiger partial charge in [-0.05, 0) is 31.5 Å². The molecular weight excluding hydrogens is 408 g/mol. The molecule has 10 heteroatoms. The lowest BCUT2D eigenvalue weighted by molar-refractivity contribution is -0.0500. The lowest BCUT2D eigenvalue weighted by Gasteiger charge is -2.11. The first-order chi connectivity index (χ1) is 14.9. The molecule has 0 aromatic carbocycles. The largest absolute Gasteiger partial charge is 0.433 e. The van der Waals surface area contributed by atoms with Crippen molar-refractivity contribution in [3.8, 4) is 17.0 Å². The van der Waals surface area contributed by atoms with Crippen LogP contribution in [0.1, 0.15) is 35.6 Å². The minimum Gasteiger partial charge on any atom is -0.433 e. The van der Waals surface area contributed by atoms with Gasteiger partial charge in [0.15, 0.2) is 5.82 Å². The highest BCUT2D eigenvalue weighted by Gasteiger charge is 2.32. The molecule has 1 unspecified atom stereocenters. The first kappa shape index (κ1) is 20.9. The predicted octanol–water partition coefficient (Wildman–Crippen LogP) is 3.05. The molecular formula is C21H21F2N5O3. The Hall–Kier alpha value is -3.40. The van der Waals surface area contributed by atoms with Gasteiger partial charge in [-0.25, -0.2) is 0 Å². The average molecular weight is 429 g/mol. The Kier molecular flexibility index (Phi) is 5.64. The quantitative estimate of drug-likeness (QED) is 0.621. The van der Waals surface area contributed by atoms with Gasteiger partial charge in [-0.1, -0.05) is 6.92 Å². The summed E-state index contributed by atoms with van der Waals surface area (Å²) in [6.07, 6.45) is 2.84. The van der Waals surface area contributed by atoms with Gasteiger partial charge in [0.25, 0.3) is 5.91 Å². The Morgan fingerprint density at radius 3 is 2.77 bits per heavy atom. The molecule has 8 nitrogen and oxygen atoms in total. The summed E-state index contributed by atoms with van der Waals surface area (Å²) < 4.78 is 31.1. The van der Waals surface area contributed by atoms with E-state index in [0.29, 0.717) is 41.3 Å². The molecule has 0 spiro atoms. The summed E-state index contributed by atoms with van der Waals surface area (Å²) in [5.74, 6) is 0.214. The molecule has 31 heavy (non-hydrogen) atoms. The number of hydrogen-bond donors (Lipinski definition) is 1. The lowest BCUT2D eigenvalue weighted by atomic mass is 10.1. The van der Waals surface area contributed by atoms with Crippen molar-refractivity contribution in [3.05, 3.63) is 53.6 Å². The van der Waals surface area contributed by atoms with E-state index < -0.39 is 12.7 Å². The number of carbonyl (C=O) groups is 1. The number of pyridine rings is 2. The maximum Gasteiger partial charge on any atom is 0.387 e. The topological polar surface area (TPSA) is 93.4 Å². The predicted molar refractivity (Wildman–Crippen MR) is 108 cm³/mol. The summed E-state index contributed by atoms with van der Waals surface area (Å²) in [5.41, 5.74) is 2.93. The Balaban J connectivity index is 1.61. The number of carbonyl (C=O) groups excluding carboxylic acids is 1. The number of rotatable bonds is 7. The second-order valence-corrected chi connectivity index (χ2v) is 7.25. The van der Waals surface area contributed by atoms with Crippen molar-refractivity contribution >= 4 is 11.7 Å². The highest BCUT2D eigenvalue weighted by molar-refractivity contribution is 6.09. The van der Waals surface area contributed by atoms with Crippen molar-refractivity contribution in [2.75, 3.05) is 4.90 Å². The number of nitrogens with zero attached hydrogens (tertiary/aromatic N) is 5. The molecule has 4 rings (SSSR count). The van der Waals surface area contributed by atoms with E-state index in [4.69, 9.17) is 0 Å². The average Bonchev–Trinajstić information content (AvgIpc) is 3.27. The molecule has 1 amide bonds. The molecule has 0 fully saturated rings. The van der Waals surface area contributed by atoms with Gasteiger partial charge in [-0.15, -0.1) is 0 Å². The van der Waals surface area contributed by atoms with E-state index in [1.165, 1.54) is 23.4 Å². The maximum absolute atomic E-state index is 12.9. The highest BCUT2D eigenvalue weighted by atomic mass is 19.3. The number of fused-ring (bicyclic) bond motifs is 1. The van der Waals surface area contributed by atoms with Crippen LogP contribution in [0.4, 0.5) is 14.6 Å². The molecule has 0 saturated carbocycles. The van der Waals surface area contributed by atoms with Gasteiger partial charge < -0.3 is 9.84 Å². The van der Waals surface area contributed by atoms with Crippen LogP contribution in [0, 0.1) is 0 Å². The minimum absolute atomic E-state index is 0.0664. The van der Waals surface area contributed by atoms with Crippen LogP contribution in [0.2, 0.25) is 0 Å². The van der Waals surface area contributed by atoms with Gasteiger partial charge in [-0.2, -0.15) is 13.9 Å². The van der Waals surface area contributed by atoms with Crippen LogP contribution in [-0.2, 0) is 19.5 Å². The number of alkyl halides is 2. The smallest absolute Gasteiger partial charge is 0.387 e. The molecule has 0 saturated heterocycles. The number of hydrogen-bond acceptors (Lipinski definition) is 6. The molecule has 1 aliphatic heterocycles. The van der Waals surface area contributed by atoms with E-state index in [-0.39, 0.29) is 18.2 Å².